The zero-order chi connectivity index (χ0) is 16.1. The average molecular weight is 320 g/mol. The fourth-order valence-corrected chi connectivity index (χ4v) is 1.79. The summed E-state index contributed by atoms with van der Waals surface area (Å²) in [7, 11) is 0. The van der Waals surface area contributed by atoms with Gasteiger partial charge in [-0.1, -0.05) is 25.4 Å². The van der Waals surface area contributed by atoms with E-state index in [1.807, 2.05) is 13.8 Å². The van der Waals surface area contributed by atoms with E-state index in [4.69, 9.17) is 22.1 Å². The van der Waals surface area contributed by atoms with Gasteiger partial charge in [0.15, 0.2) is 0 Å². The second-order valence-corrected chi connectivity index (χ2v) is 5.64. The first-order chi connectivity index (χ1) is 10.5. The third-order valence-corrected chi connectivity index (χ3v) is 3.29. The van der Waals surface area contributed by atoms with E-state index in [1.54, 1.807) is 36.4 Å². The number of hydrogen-bond acceptors (Lipinski definition) is 4. The van der Waals surface area contributed by atoms with Crippen molar-refractivity contribution in [3.63, 3.8) is 0 Å². The van der Waals surface area contributed by atoms with Crippen LogP contribution in [0, 0.1) is 5.92 Å². The molecule has 116 valence electrons. The van der Waals surface area contributed by atoms with Crippen LogP contribution in [0.15, 0.2) is 42.6 Å². The summed E-state index contributed by atoms with van der Waals surface area (Å²) in [5.41, 5.74) is 6.46. The molecule has 0 bridgehead atoms. The molecule has 1 aromatic carbocycles. The molecule has 0 fully saturated rings. The molecular formula is C16H18ClN3O2. The molecule has 1 atom stereocenters. The van der Waals surface area contributed by atoms with E-state index in [2.05, 4.69) is 10.3 Å². The number of amides is 1. The molecule has 2 aromatic rings. The van der Waals surface area contributed by atoms with Gasteiger partial charge in [-0.15, -0.1) is 0 Å². The monoisotopic (exact) mass is 319 g/mol. The number of nitrogens with zero attached hydrogens (tertiary/aromatic N) is 1. The van der Waals surface area contributed by atoms with Gasteiger partial charge in [-0.05, 0) is 36.2 Å². The summed E-state index contributed by atoms with van der Waals surface area (Å²) in [6, 6.07) is 9.83. The normalized spacial score (nSPS) is 12.0. The van der Waals surface area contributed by atoms with Gasteiger partial charge in [0.2, 0.25) is 11.8 Å². The second kappa shape index (κ2) is 7.24. The number of aromatic nitrogens is 1. The van der Waals surface area contributed by atoms with Crippen molar-refractivity contribution in [3.05, 3.63) is 47.6 Å². The van der Waals surface area contributed by atoms with Crippen molar-refractivity contribution in [1.82, 2.24) is 4.98 Å². The van der Waals surface area contributed by atoms with Crippen molar-refractivity contribution in [2.24, 2.45) is 11.7 Å². The number of anilines is 1. The van der Waals surface area contributed by atoms with Gasteiger partial charge in [0.25, 0.3) is 0 Å². The number of rotatable bonds is 5. The minimum absolute atomic E-state index is 0.0820. The smallest absolute Gasteiger partial charge is 0.241 e. The standard InChI is InChI=1S/C16H18ClN3O2/c1-10(2)15(18)16(21)20-12-4-6-13(7-5-12)22-14-8-3-11(17)9-19-14/h3-10,15H,18H2,1-2H3,(H,20,21)/t15-/m0/s1. The van der Waals surface area contributed by atoms with Gasteiger partial charge in [-0.25, -0.2) is 4.98 Å². The van der Waals surface area contributed by atoms with Crippen molar-refractivity contribution in [2.45, 2.75) is 19.9 Å². The Kier molecular flexibility index (Phi) is 5.35. The number of nitrogens with two attached hydrogens (primary N) is 1. The molecule has 2 rings (SSSR count). The molecule has 0 aliphatic carbocycles. The number of nitrogens with one attached hydrogen (secondary N) is 1. The van der Waals surface area contributed by atoms with Gasteiger partial charge in [0, 0.05) is 18.0 Å². The first-order valence-electron chi connectivity index (χ1n) is 6.91. The Morgan fingerprint density at radius 1 is 1.23 bits per heavy atom. The maximum atomic E-state index is 11.9. The molecule has 5 nitrogen and oxygen atoms in total. The van der Waals surface area contributed by atoms with Crippen LogP contribution in [0.1, 0.15) is 13.8 Å². The third-order valence-electron chi connectivity index (χ3n) is 3.07. The predicted molar refractivity (Wildman–Crippen MR) is 87.2 cm³/mol. The van der Waals surface area contributed by atoms with E-state index in [9.17, 15) is 4.79 Å². The van der Waals surface area contributed by atoms with Crippen LogP contribution in [-0.4, -0.2) is 16.9 Å². The van der Waals surface area contributed by atoms with Crippen LogP contribution < -0.4 is 15.8 Å². The number of pyridine rings is 1. The number of halogens is 1. The maximum Gasteiger partial charge on any atom is 0.241 e. The number of carbonyl (C=O) groups is 1. The van der Waals surface area contributed by atoms with Gasteiger partial charge in [0.1, 0.15) is 5.75 Å². The summed E-state index contributed by atoms with van der Waals surface area (Å²) in [5, 5.41) is 3.32. The van der Waals surface area contributed by atoms with E-state index in [0.717, 1.165) is 0 Å². The Balaban J connectivity index is 1.98. The van der Waals surface area contributed by atoms with E-state index in [-0.39, 0.29) is 11.8 Å². The summed E-state index contributed by atoms with van der Waals surface area (Å²) >= 11 is 5.76. The van der Waals surface area contributed by atoms with E-state index < -0.39 is 6.04 Å². The van der Waals surface area contributed by atoms with E-state index in [1.165, 1.54) is 6.20 Å². The van der Waals surface area contributed by atoms with Crippen molar-refractivity contribution < 1.29 is 9.53 Å². The van der Waals surface area contributed by atoms with Crippen LogP contribution in [-0.2, 0) is 4.79 Å². The Labute approximate surface area is 134 Å². The summed E-state index contributed by atoms with van der Waals surface area (Å²) < 4.78 is 5.57. The number of carbonyl (C=O) groups excluding carboxylic acids is 1. The van der Waals surface area contributed by atoms with Gasteiger partial charge in [-0.2, -0.15) is 0 Å². The van der Waals surface area contributed by atoms with Crippen molar-refractivity contribution in [1.29, 1.82) is 0 Å². The number of benzene rings is 1. The summed E-state index contributed by atoms with van der Waals surface area (Å²) in [6.07, 6.45) is 1.51. The first-order valence-corrected chi connectivity index (χ1v) is 7.29. The highest BCUT2D eigenvalue weighted by molar-refractivity contribution is 6.30. The van der Waals surface area contributed by atoms with Crippen molar-refractivity contribution >= 4 is 23.2 Å². The van der Waals surface area contributed by atoms with Crippen LogP contribution in [0.4, 0.5) is 5.69 Å². The molecule has 0 unspecified atom stereocenters. The van der Waals surface area contributed by atoms with Crippen LogP contribution in [0.2, 0.25) is 5.02 Å². The molecule has 6 heteroatoms. The summed E-state index contributed by atoms with van der Waals surface area (Å²) in [6.45, 7) is 3.81. The quantitative estimate of drug-likeness (QED) is 0.885. The Bertz CT molecular complexity index is 627. The molecule has 3 N–H and O–H groups in total. The molecule has 0 saturated heterocycles. The van der Waals surface area contributed by atoms with E-state index in [0.29, 0.717) is 22.3 Å². The first kappa shape index (κ1) is 16.3. The predicted octanol–water partition coefficient (Wildman–Crippen LogP) is 3.45. The SMILES string of the molecule is CC(C)[C@H](N)C(=O)Nc1ccc(Oc2ccc(Cl)cn2)cc1. The lowest BCUT2D eigenvalue weighted by atomic mass is 10.1. The molecule has 1 heterocycles. The average Bonchev–Trinajstić information content (AvgIpc) is 2.50. The highest BCUT2D eigenvalue weighted by atomic mass is 35.5. The van der Waals surface area contributed by atoms with Crippen LogP contribution in [0.3, 0.4) is 0 Å². The molecule has 1 amide bonds. The molecule has 1 aromatic heterocycles. The minimum atomic E-state index is -0.533. The topological polar surface area (TPSA) is 77.2 Å². The second-order valence-electron chi connectivity index (χ2n) is 5.20. The van der Waals surface area contributed by atoms with Crippen molar-refractivity contribution in [3.8, 4) is 11.6 Å². The fraction of sp³-hybridized carbons (Fsp3) is 0.250. The number of ether oxygens (including phenoxy) is 1. The molecule has 22 heavy (non-hydrogen) atoms. The number of hydrogen-bond donors (Lipinski definition) is 2. The highest BCUT2D eigenvalue weighted by Gasteiger charge is 2.17. The Morgan fingerprint density at radius 3 is 2.45 bits per heavy atom. The van der Waals surface area contributed by atoms with Crippen LogP contribution >= 0.6 is 11.6 Å². The minimum Gasteiger partial charge on any atom is -0.439 e. The molecule has 0 radical (unpaired) electrons. The Morgan fingerprint density at radius 2 is 1.91 bits per heavy atom. The van der Waals surface area contributed by atoms with E-state index >= 15 is 0 Å². The lowest BCUT2D eigenvalue weighted by molar-refractivity contribution is -0.118. The Hall–Kier alpha value is -2.11. The molecule has 0 saturated carbocycles. The molecule has 0 aliphatic rings. The molecule has 0 aliphatic heterocycles. The van der Waals surface area contributed by atoms with Gasteiger partial charge in [0.05, 0.1) is 11.1 Å². The lowest BCUT2D eigenvalue weighted by Crippen LogP contribution is -2.39. The highest BCUT2D eigenvalue weighted by Crippen LogP contribution is 2.22. The van der Waals surface area contributed by atoms with Gasteiger partial charge >= 0.3 is 0 Å². The molecule has 0 spiro atoms. The maximum absolute atomic E-state index is 11.9. The van der Waals surface area contributed by atoms with Crippen LogP contribution in [0.5, 0.6) is 11.6 Å². The van der Waals surface area contributed by atoms with Gasteiger partial charge < -0.3 is 15.8 Å². The third kappa shape index (κ3) is 4.44. The fourth-order valence-electron chi connectivity index (χ4n) is 1.68. The lowest BCUT2D eigenvalue weighted by Gasteiger charge is -2.15. The largest absolute Gasteiger partial charge is 0.439 e. The molecular weight excluding hydrogens is 302 g/mol. The van der Waals surface area contributed by atoms with Gasteiger partial charge in [-0.3, -0.25) is 4.79 Å². The summed E-state index contributed by atoms with van der Waals surface area (Å²) in [5.74, 6) is 0.936. The van der Waals surface area contributed by atoms with Crippen molar-refractivity contribution in [2.75, 3.05) is 5.32 Å². The summed E-state index contributed by atoms with van der Waals surface area (Å²) in [4.78, 5) is 15.9. The zero-order valence-corrected chi connectivity index (χ0v) is 13.2. The van der Waals surface area contributed by atoms with Crippen LogP contribution in [0.25, 0.3) is 0 Å². The zero-order valence-electron chi connectivity index (χ0n) is 12.4.